The zero-order valence-corrected chi connectivity index (χ0v) is 15.6. The Morgan fingerprint density at radius 2 is 1.89 bits per heavy atom. The van der Waals surface area contributed by atoms with Gasteiger partial charge in [-0.15, -0.1) is 0 Å². The van der Waals surface area contributed by atoms with Crippen molar-refractivity contribution in [3.05, 3.63) is 54.3 Å². The lowest BCUT2D eigenvalue weighted by molar-refractivity contribution is -0.124. The first-order valence-corrected chi connectivity index (χ1v) is 9.16. The number of carbonyl (C=O) groups is 2. The van der Waals surface area contributed by atoms with E-state index in [4.69, 9.17) is 9.47 Å². The molecule has 2 atom stereocenters. The Morgan fingerprint density at radius 3 is 2.68 bits per heavy atom. The lowest BCUT2D eigenvalue weighted by Crippen LogP contribution is -2.37. The van der Waals surface area contributed by atoms with Crippen LogP contribution in [0.3, 0.4) is 0 Å². The van der Waals surface area contributed by atoms with Gasteiger partial charge in [-0.3, -0.25) is 9.59 Å². The van der Waals surface area contributed by atoms with E-state index >= 15 is 0 Å². The molecule has 2 N–H and O–H groups in total. The molecule has 0 aromatic heterocycles. The highest BCUT2D eigenvalue weighted by Crippen LogP contribution is 2.27. The number of methoxy groups -OCH3 is 1. The van der Waals surface area contributed by atoms with Gasteiger partial charge in [0.05, 0.1) is 7.11 Å². The average molecular weight is 386 g/mol. The zero-order chi connectivity index (χ0) is 19.9. The lowest BCUT2D eigenvalue weighted by Gasteiger charge is -2.14. The molecule has 148 valence electrons. The van der Waals surface area contributed by atoms with Crippen molar-refractivity contribution in [1.82, 2.24) is 5.32 Å². The maximum atomic E-state index is 13.2. The van der Waals surface area contributed by atoms with E-state index in [2.05, 4.69) is 10.6 Å². The molecular formula is C21H23FN2O4. The number of nitrogens with one attached hydrogen (secondary N) is 2. The third-order valence-electron chi connectivity index (χ3n) is 4.67. The van der Waals surface area contributed by atoms with E-state index in [9.17, 15) is 14.0 Å². The first-order chi connectivity index (χ1) is 13.5. The number of rotatable bonds is 7. The normalized spacial score (nSPS) is 18.4. The molecule has 7 heteroatoms. The van der Waals surface area contributed by atoms with Crippen LogP contribution in [0.2, 0.25) is 0 Å². The van der Waals surface area contributed by atoms with Crippen LogP contribution in [-0.2, 0) is 9.59 Å². The number of halogens is 1. The summed E-state index contributed by atoms with van der Waals surface area (Å²) in [5, 5.41) is 5.63. The molecule has 0 saturated heterocycles. The summed E-state index contributed by atoms with van der Waals surface area (Å²) in [4.78, 5) is 24.5. The van der Waals surface area contributed by atoms with Gasteiger partial charge in [-0.25, -0.2) is 4.39 Å². The summed E-state index contributed by atoms with van der Waals surface area (Å²) in [6.07, 6.45) is 1.93. The summed E-state index contributed by atoms with van der Waals surface area (Å²) >= 11 is 0. The van der Waals surface area contributed by atoms with Gasteiger partial charge in [0.25, 0.3) is 5.91 Å². The van der Waals surface area contributed by atoms with Gasteiger partial charge >= 0.3 is 0 Å². The van der Waals surface area contributed by atoms with Gasteiger partial charge < -0.3 is 20.1 Å². The average Bonchev–Trinajstić information content (AvgIpc) is 3.15. The number of anilines is 1. The molecule has 2 amide bonds. The second-order valence-electron chi connectivity index (χ2n) is 6.74. The molecule has 28 heavy (non-hydrogen) atoms. The molecule has 0 unspecified atom stereocenters. The van der Waals surface area contributed by atoms with Crippen LogP contribution in [0.5, 0.6) is 11.5 Å². The highest BCUT2D eigenvalue weighted by Gasteiger charge is 2.30. The zero-order valence-electron chi connectivity index (χ0n) is 15.6. The number of carbonyl (C=O) groups excluding carboxylic acids is 2. The van der Waals surface area contributed by atoms with Crippen LogP contribution in [0.1, 0.15) is 19.3 Å². The van der Waals surface area contributed by atoms with Crippen molar-refractivity contribution >= 4 is 17.5 Å². The molecule has 2 aromatic carbocycles. The van der Waals surface area contributed by atoms with Gasteiger partial charge in [0, 0.05) is 23.7 Å². The van der Waals surface area contributed by atoms with Gasteiger partial charge in [0.2, 0.25) is 5.91 Å². The molecule has 0 spiro atoms. The quantitative estimate of drug-likeness (QED) is 0.767. The van der Waals surface area contributed by atoms with E-state index < -0.39 is 5.82 Å². The smallest absolute Gasteiger partial charge is 0.258 e. The summed E-state index contributed by atoms with van der Waals surface area (Å²) in [5.41, 5.74) is 0.434. The van der Waals surface area contributed by atoms with E-state index in [1.807, 2.05) is 0 Å². The maximum absolute atomic E-state index is 13.2. The molecule has 0 radical (unpaired) electrons. The Labute approximate surface area is 163 Å². The monoisotopic (exact) mass is 386 g/mol. The van der Waals surface area contributed by atoms with E-state index in [-0.39, 0.29) is 30.4 Å². The predicted molar refractivity (Wildman–Crippen MR) is 103 cm³/mol. The Kier molecular flexibility index (Phi) is 6.47. The number of benzene rings is 2. The van der Waals surface area contributed by atoms with E-state index in [1.165, 1.54) is 12.1 Å². The molecule has 6 nitrogen and oxygen atoms in total. The number of amides is 2. The van der Waals surface area contributed by atoms with Crippen molar-refractivity contribution < 1.29 is 23.5 Å². The molecule has 3 rings (SSSR count). The fraction of sp³-hybridized carbons (Fsp3) is 0.333. The van der Waals surface area contributed by atoms with Gasteiger partial charge in [0.1, 0.15) is 17.3 Å². The summed E-state index contributed by atoms with van der Waals surface area (Å²) in [5.74, 6) is 0.196. The van der Waals surface area contributed by atoms with Crippen molar-refractivity contribution in [1.29, 1.82) is 0 Å². The first-order valence-electron chi connectivity index (χ1n) is 9.16. The molecule has 1 aliphatic rings. The minimum Gasteiger partial charge on any atom is -0.497 e. The highest BCUT2D eigenvalue weighted by atomic mass is 19.1. The predicted octanol–water partition coefficient (Wildman–Crippen LogP) is 3.14. The van der Waals surface area contributed by atoms with Crippen LogP contribution < -0.4 is 20.1 Å². The highest BCUT2D eigenvalue weighted by molar-refractivity contribution is 5.92. The van der Waals surface area contributed by atoms with Gasteiger partial charge in [0.15, 0.2) is 6.61 Å². The van der Waals surface area contributed by atoms with Crippen LogP contribution in [0.25, 0.3) is 0 Å². The molecule has 1 saturated carbocycles. The third-order valence-corrected chi connectivity index (χ3v) is 4.67. The number of ether oxygens (including phenoxy) is 2. The standard InChI is InChI=1S/C21H23FN2O4/c1-27-18-6-3-7-19(12-18)28-13-20(25)23-17-9-8-14(10-17)21(26)24-16-5-2-4-15(22)11-16/h2-7,11-12,14,17H,8-10,13H2,1H3,(H,23,25)(H,24,26)/t14-,17+/m0/s1. The topological polar surface area (TPSA) is 76.7 Å². The van der Waals surface area contributed by atoms with E-state index in [0.29, 0.717) is 36.4 Å². The van der Waals surface area contributed by atoms with Crippen molar-refractivity contribution in [2.24, 2.45) is 5.92 Å². The van der Waals surface area contributed by atoms with Crippen molar-refractivity contribution in [3.63, 3.8) is 0 Å². The molecule has 0 bridgehead atoms. The van der Waals surface area contributed by atoms with Gasteiger partial charge in [-0.1, -0.05) is 12.1 Å². The molecule has 1 aliphatic carbocycles. The molecule has 0 aliphatic heterocycles. The lowest BCUT2D eigenvalue weighted by atomic mass is 10.1. The molecule has 1 fully saturated rings. The fourth-order valence-electron chi connectivity index (χ4n) is 3.27. The van der Waals surface area contributed by atoms with Crippen LogP contribution >= 0.6 is 0 Å². The Hall–Kier alpha value is -3.09. The summed E-state index contributed by atoms with van der Waals surface area (Å²) < 4.78 is 23.8. The number of hydrogen-bond acceptors (Lipinski definition) is 4. The molecular weight excluding hydrogens is 363 g/mol. The fourth-order valence-corrected chi connectivity index (χ4v) is 3.27. The SMILES string of the molecule is COc1cccc(OCC(=O)N[C@@H]2CC[C@H](C(=O)Nc3cccc(F)c3)C2)c1. The minimum absolute atomic E-state index is 0.0790. The second kappa shape index (κ2) is 9.21. The molecule has 2 aromatic rings. The van der Waals surface area contributed by atoms with Crippen molar-refractivity contribution in [2.45, 2.75) is 25.3 Å². The summed E-state index contributed by atoms with van der Waals surface area (Å²) in [6.45, 7) is -0.107. The summed E-state index contributed by atoms with van der Waals surface area (Å²) in [7, 11) is 1.56. The van der Waals surface area contributed by atoms with Gasteiger partial charge in [-0.05, 0) is 49.6 Å². The van der Waals surface area contributed by atoms with Crippen molar-refractivity contribution in [2.75, 3.05) is 19.0 Å². The van der Waals surface area contributed by atoms with Crippen LogP contribution in [-0.4, -0.2) is 31.6 Å². The second-order valence-corrected chi connectivity index (χ2v) is 6.74. The van der Waals surface area contributed by atoms with Gasteiger partial charge in [-0.2, -0.15) is 0 Å². The van der Waals surface area contributed by atoms with E-state index in [0.717, 1.165) is 0 Å². The van der Waals surface area contributed by atoms with Crippen LogP contribution in [0, 0.1) is 11.7 Å². The third kappa shape index (κ3) is 5.45. The van der Waals surface area contributed by atoms with Crippen LogP contribution in [0.4, 0.5) is 10.1 Å². The van der Waals surface area contributed by atoms with Crippen molar-refractivity contribution in [3.8, 4) is 11.5 Å². The minimum atomic E-state index is -0.398. The maximum Gasteiger partial charge on any atom is 0.258 e. The largest absolute Gasteiger partial charge is 0.497 e. The Morgan fingerprint density at radius 1 is 1.11 bits per heavy atom. The summed E-state index contributed by atoms with van der Waals surface area (Å²) in [6, 6.07) is 12.7. The van der Waals surface area contributed by atoms with Crippen LogP contribution in [0.15, 0.2) is 48.5 Å². The Balaban J connectivity index is 1.43. The number of hydrogen-bond donors (Lipinski definition) is 2. The van der Waals surface area contributed by atoms with E-state index in [1.54, 1.807) is 43.5 Å². The molecule has 0 heterocycles. The Bertz CT molecular complexity index is 843. The first kappa shape index (κ1) is 19.7.